The quantitative estimate of drug-likeness (QED) is 0.472. The smallest absolute Gasteiger partial charge is 0.337 e. The zero-order valence-corrected chi connectivity index (χ0v) is 14.1. The largest absolute Gasteiger partial charge is 0.495 e. The number of ether oxygens (including phenoxy) is 2. The molecular weight excluding hydrogens is 352 g/mol. The average molecular weight is 366 g/mol. The highest BCUT2D eigenvalue weighted by Gasteiger charge is 2.26. The minimum Gasteiger partial charge on any atom is -0.495 e. The molecule has 0 radical (unpaired) electrons. The summed E-state index contributed by atoms with van der Waals surface area (Å²) >= 11 is 0. The van der Waals surface area contributed by atoms with Gasteiger partial charge in [0.05, 0.1) is 30.4 Å². The van der Waals surface area contributed by atoms with Crippen LogP contribution in [-0.2, 0) is 14.8 Å². The van der Waals surface area contributed by atoms with E-state index in [9.17, 15) is 23.3 Å². The van der Waals surface area contributed by atoms with Gasteiger partial charge in [0.15, 0.2) is 4.90 Å². The monoisotopic (exact) mass is 366 g/mol. The molecule has 0 spiro atoms. The number of nitrogens with zero attached hydrogens (tertiary/aromatic N) is 1. The Balaban J connectivity index is 2.51. The van der Waals surface area contributed by atoms with E-state index in [2.05, 4.69) is 9.46 Å². The molecule has 2 aromatic rings. The molecule has 10 heteroatoms. The van der Waals surface area contributed by atoms with Gasteiger partial charge in [0, 0.05) is 6.07 Å². The minimum absolute atomic E-state index is 0.0523. The Morgan fingerprint density at radius 3 is 2.44 bits per heavy atom. The fourth-order valence-corrected chi connectivity index (χ4v) is 3.30. The van der Waals surface area contributed by atoms with Gasteiger partial charge in [-0.05, 0) is 24.3 Å². The number of esters is 1. The molecule has 132 valence electrons. The molecule has 2 aromatic carbocycles. The van der Waals surface area contributed by atoms with E-state index < -0.39 is 31.5 Å². The number of anilines is 1. The lowest BCUT2D eigenvalue weighted by Gasteiger charge is -2.13. The van der Waals surface area contributed by atoms with Crippen molar-refractivity contribution in [2.75, 3.05) is 18.9 Å². The second-order valence-electron chi connectivity index (χ2n) is 4.74. The lowest BCUT2D eigenvalue weighted by molar-refractivity contribution is -0.387. The highest BCUT2D eigenvalue weighted by Crippen LogP contribution is 2.30. The van der Waals surface area contributed by atoms with Gasteiger partial charge in [0.25, 0.3) is 15.7 Å². The van der Waals surface area contributed by atoms with Crippen molar-refractivity contribution in [3.63, 3.8) is 0 Å². The number of methoxy groups -OCH3 is 2. The van der Waals surface area contributed by atoms with Crippen LogP contribution in [0.4, 0.5) is 11.4 Å². The first kappa shape index (κ1) is 18.2. The van der Waals surface area contributed by atoms with Crippen LogP contribution in [0.5, 0.6) is 5.75 Å². The normalized spacial score (nSPS) is 10.8. The molecule has 0 aliphatic heterocycles. The summed E-state index contributed by atoms with van der Waals surface area (Å²) in [6, 6.07) is 8.90. The Kier molecular flexibility index (Phi) is 5.22. The van der Waals surface area contributed by atoms with Gasteiger partial charge in [0.2, 0.25) is 0 Å². The molecule has 25 heavy (non-hydrogen) atoms. The van der Waals surface area contributed by atoms with Gasteiger partial charge < -0.3 is 9.47 Å². The van der Waals surface area contributed by atoms with Crippen LogP contribution in [-0.4, -0.2) is 33.5 Å². The maximum Gasteiger partial charge on any atom is 0.337 e. The molecule has 0 fully saturated rings. The molecule has 0 aliphatic carbocycles. The Morgan fingerprint density at radius 2 is 1.84 bits per heavy atom. The van der Waals surface area contributed by atoms with Crippen LogP contribution in [0.15, 0.2) is 47.4 Å². The van der Waals surface area contributed by atoms with Gasteiger partial charge in [-0.15, -0.1) is 0 Å². The van der Waals surface area contributed by atoms with Crippen LogP contribution >= 0.6 is 0 Å². The van der Waals surface area contributed by atoms with Gasteiger partial charge in [-0.1, -0.05) is 12.1 Å². The number of nitrogens with one attached hydrogen (secondary N) is 1. The molecule has 1 N–H and O–H groups in total. The van der Waals surface area contributed by atoms with Gasteiger partial charge in [-0.2, -0.15) is 0 Å². The Labute approximate surface area is 143 Å². The summed E-state index contributed by atoms with van der Waals surface area (Å²) in [7, 11) is -1.79. The third-order valence-electron chi connectivity index (χ3n) is 3.22. The second-order valence-corrected chi connectivity index (χ2v) is 6.39. The summed E-state index contributed by atoms with van der Waals surface area (Å²) in [5, 5.41) is 11.1. The summed E-state index contributed by atoms with van der Waals surface area (Å²) in [4.78, 5) is 21.4. The van der Waals surface area contributed by atoms with E-state index >= 15 is 0 Å². The van der Waals surface area contributed by atoms with E-state index in [-0.39, 0.29) is 17.0 Å². The zero-order valence-electron chi connectivity index (χ0n) is 13.3. The van der Waals surface area contributed by atoms with Gasteiger partial charge >= 0.3 is 5.97 Å². The number of nitro groups is 1. The lowest BCUT2D eigenvalue weighted by atomic mass is 10.2. The summed E-state index contributed by atoms with van der Waals surface area (Å²) < 4.78 is 37.0. The number of benzene rings is 2. The van der Waals surface area contributed by atoms with Crippen LogP contribution in [0.3, 0.4) is 0 Å². The minimum atomic E-state index is -4.29. The molecule has 2 rings (SSSR count). The highest BCUT2D eigenvalue weighted by atomic mass is 32.2. The Morgan fingerprint density at radius 1 is 1.16 bits per heavy atom. The third-order valence-corrected chi connectivity index (χ3v) is 4.63. The maximum atomic E-state index is 12.6. The molecule has 0 amide bonds. The fraction of sp³-hybridized carbons (Fsp3) is 0.133. The van der Waals surface area contributed by atoms with Crippen molar-refractivity contribution in [2.24, 2.45) is 0 Å². The number of sulfonamides is 1. The first-order valence-corrected chi connectivity index (χ1v) is 8.31. The zero-order chi connectivity index (χ0) is 18.6. The molecule has 9 nitrogen and oxygen atoms in total. The number of hydrogen-bond donors (Lipinski definition) is 1. The molecule has 0 saturated carbocycles. The van der Waals surface area contributed by atoms with Crippen molar-refractivity contribution in [2.45, 2.75) is 4.90 Å². The van der Waals surface area contributed by atoms with Crippen molar-refractivity contribution in [1.82, 2.24) is 0 Å². The SMILES string of the molecule is COC(=O)c1ccc(OC)c(NS(=O)(=O)c2ccccc2[N+](=O)[O-])c1. The van der Waals surface area contributed by atoms with Gasteiger partial charge in [0.1, 0.15) is 5.75 Å². The molecule has 0 aliphatic rings. The third kappa shape index (κ3) is 3.86. The lowest BCUT2D eigenvalue weighted by Crippen LogP contribution is -2.16. The number of hydrogen-bond acceptors (Lipinski definition) is 7. The Bertz CT molecular complexity index is 925. The van der Waals surface area contributed by atoms with Crippen LogP contribution in [0.1, 0.15) is 10.4 Å². The van der Waals surface area contributed by atoms with Crippen molar-refractivity contribution in [3.8, 4) is 5.75 Å². The average Bonchev–Trinajstić information content (AvgIpc) is 2.60. The topological polar surface area (TPSA) is 125 Å². The van der Waals surface area contributed by atoms with Crippen LogP contribution in [0.2, 0.25) is 0 Å². The number of carbonyl (C=O) groups is 1. The number of para-hydroxylation sites is 1. The highest BCUT2D eigenvalue weighted by molar-refractivity contribution is 7.92. The van der Waals surface area contributed by atoms with Crippen molar-refractivity contribution in [3.05, 3.63) is 58.1 Å². The molecular formula is C15H14N2O7S. The number of carbonyl (C=O) groups excluding carboxylic acids is 1. The maximum absolute atomic E-state index is 12.6. The molecule has 0 unspecified atom stereocenters. The predicted molar refractivity (Wildman–Crippen MR) is 88.2 cm³/mol. The number of nitro benzene ring substituents is 1. The first-order chi connectivity index (χ1) is 11.8. The summed E-state index contributed by atoms with van der Waals surface area (Å²) in [6.45, 7) is 0. The van der Waals surface area contributed by atoms with Crippen molar-refractivity contribution in [1.29, 1.82) is 0 Å². The standard InChI is InChI=1S/C15H14N2O7S/c1-23-13-8-7-10(15(18)24-2)9-11(13)16-25(21,22)14-6-4-3-5-12(14)17(19)20/h3-9,16H,1-2H3. The molecule has 0 bridgehead atoms. The van der Waals surface area contributed by atoms with Crippen LogP contribution in [0.25, 0.3) is 0 Å². The van der Waals surface area contributed by atoms with Gasteiger partial charge in [-0.3, -0.25) is 14.8 Å². The number of rotatable bonds is 6. The van der Waals surface area contributed by atoms with E-state index in [1.807, 2.05) is 0 Å². The van der Waals surface area contributed by atoms with Gasteiger partial charge in [-0.25, -0.2) is 13.2 Å². The molecule has 0 heterocycles. The summed E-state index contributed by atoms with van der Waals surface area (Å²) in [5.41, 5.74) is -0.537. The summed E-state index contributed by atoms with van der Waals surface area (Å²) in [5.74, 6) is -0.538. The molecule has 0 aromatic heterocycles. The van der Waals surface area contributed by atoms with Crippen molar-refractivity contribution >= 4 is 27.4 Å². The van der Waals surface area contributed by atoms with E-state index in [1.54, 1.807) is 0 Å². The van der Waals surface area contributed by atoms with Crippen LogP contribution in [0, 0.1) is 10.1 Å². The molecule has 0 saturated heterocycles. The summed E-state index contributed by atoms with van der Waals surface area (Å²) in [6.07, 6.45) is 0. The van der Waals surface area contributed by atoms with Crippen LogP contribution < -0.4 is 9.46 Å². The van der Waals surface area contributed by atoms with E-state index in [4.69, 9.17) is 4.74 Å². The predicted octanol–water partition coefficient (Wildman–Crippen LogP) is 2.19. The Hall–Kier alpha value is -3.14. The first-order valence-electron chi connectivity index (χ1n) is 6.82. The molecule has 0 atom stereocenters. The van der Waals surface area contributed by atoms with Crippen molar-refractivity contribution < 1.29 is 27.6 Å². The van der Waals surface area contributed by atoms with E-state index in [0.717, 1.165) is 12.1 Å². The van der Waals surface area contributed by atoms with E-state index in [1.165, 1.54) is 44.6 Å². The second kappa shape index (κ2) is 7.18. The van der Waals surface area contributed by atoms with E-state index in [0.29, 0.717) is 0 Å². The fourth-order valence-electron chi connectivity index (χ4n) is 2.07.